The predicted octanol–water partition coefficient (Wildman–Crippen LogP) is -1.42. The van der Waals surface area contributed by atoms with E-state index in [0.29, 0.717) is 0 Å². The number of esters is 1. The summed E-state index contributed by atoms with van der Waals surface area (Å²) in [6, 6.07) is -1.07. The molecule has 2 atom stereocenters. The molecule has 1 fully saturated rings. The molecule has 19 heteroatoms. The van der Waals surface area contributed by atoms with Gasteiger partial charge >= 0.3 is 11.9 Å². The average molecular weight is 586 g/mol. The van der Waals surface area contributed by atoms with Gasteiger partial charge in [0.05, 0.1) is 0 Å². The Labute approximate surface area is 223 Å². The molecular formula is C17H21Cl2N7O8S2. The topological polar surface area (TPSA) is 229 Å². The van der Waals surface area contributed by atoms with Gasteiger partial charge in [-0.2, -0.15) is 0 Å². The van der Waals surface area contributed by atoms with Gasteiger partial charge in [0.15, 0.2) is 17.5 Å². The van der Waals surface area contributed by atoms with E-state index in [9.17, 15) is 29.1 Å². The number of anilines is 1. The molecule has 0 saturated carbocycles. The number of rotatable bonds is 9. The van der Waals surface area contributed by atoms with Crippen molar-refractivity contribution in [3.05, 3.63) is 22.3 Å². The second-order valence-electron chi connectivity index (χ2n) is 6.75. The number of hydrazine groups is 1. The highest BCUT2D eigenvalue weighted by atomic mass is 35.5. The molecule has 7 N–H and O–H groups in total. The molecule has 198 valence electrons. The molecule has 1 aromatic heterocycles. The summed E-state index contributed by atoms with van der Waals surface area (Å²) in [5.74, 6) is 0.925. The van der Waals surface area contributed by atoms with Crippen LogP contribution in [0.1, 0.15) is 12.6 Å². The zero-order valence-electron chi connectivity index (χ0n) is 18.3. The monoisotopic (exact) mass is 585 g/mol. The summed E-state index contributed by atoms with van der Waals surface area (Å²) < 4.78 is 4.88. The molecule has 0 radical (unpaired) electrons. The molecule has 1 saturated heterocycles. The van der Waals surface area contributed by atoms with E-state index in [-0.39, 0.29) is 65.0 Å². The van der Waals surface area contributed by atoms with Crippen LogP contribution >= 0.6 is 47.9 Å². The molecule has 3 amide bonds. The van der Waals surface area contributed by atoms with Gasteiger partial charge < -0.3 is 25.7 Å². The summed E-state index contributed by atoms with van der Waals surface area (Å²) in [7, 11) is 0. The number of nitrogens with one attached hydrogen (secondary N) is 2. The lowest BCUT2D eigenvalue weighted by Crippen LogP contribution is -2.71. The molecule has 0 bridgehead atoms. The van der Waals surface area contributed by atoms with Crippen molar-refractivity contribution < 1.29 is 38.7 Å². The maximum Gasteiger partial charge on any atom is 0.352 e. The zero-order chi connectivity index (χ0) is 25.0. The van der Waals surface area contributed by atoms with Crippen LogP contribution in [0.15, 0.2) is 21.8 Å². The highest BCUT2D eigenvalue weighted by Gasteiger charge is 2.54. The van der Waals surface area contributed by atoms with Crippen LogP contribution in [0.25, 0.3) is 0 Å². The Morgan fingerprint density at radius 3 is 2.58 bits per heavy atom. The number of hydrogen-bond donors (Lipinski definition) is 5. The van der Waals surface area contributed by atoms with Crippen molar-refractivity contribution in [1.82, 2.24) is 20.6 Å². The Hall–Kier alpha value is -3.12. The van der Waals surface area contributed by atoms with Crippen molar-refractivity contribution in [2.75, 3.05) is 24.7 Å². The van der Waals surface area contributed by atoms with E-state index in [2.05, 4.69) is 15.5 Å². The zero-order valence-corrected chi connectivity index (χ0v) is 21.6. The van der Waals surface area contributed by atoms with Gasteiger partial charge in [-0.25, -0.2) is 15.6 Å². The van der Waals surface area contributed by atoms with Gasteiger partial charge in [0.1, 0.15) is 29.4 Å². The molecule has 36 heavy (non-hydrogen) atoms. The van der Waals surface area contributed by atoms with Gasteiger partial charge in [-0.15, -0.1) is 47.9 Å². The number of thioether (sulfide) groups is 1. The van der Waals surface area contributed by atoms with E-state index in [1.807, 2.05) is 5.43 Å². The van der Waals surface area contributed by atoms with Gasteiger partial charge in [0.2, 0.25) is 0 Å². The van der Waals surface area contributed by atoms with E-state index in [1.54, 1.807) is 0 Å². The minimum atomic E-state index is -1.36. The number of amides is 3. The Kier molecular flexibility index (Phi) is 11.4. The number of ether oxygens (including phenoxy) is 1. The molecular weight excluding hydrogens is 565 g/mol. The van der Waals surface area contributed by atoms with E-state index < -0.39 is 47.7 Å². The van der Waals surface area contributed by atoms with Crippen molar-refractivity contribution in [1.29, 1.82) is 0 Å². The van der Waals surface area contributed by atoms with Crippen LogP contribution in [-0.4, -0.2) is 80.7 Å². The number of nitrogen functional groups attached to an aromatic ring is 1. The third-order valence-corrected chi connectivity index (χ3v) is 6.49. The SMILES string of the molecule is CC(=O)OCC1=C(C(=O)O)N2C(=O)C(NC(=O)C(=NOCC(=O)NN)c3csc(N)n3)[C@@H]2SC1.Cl.Cl. The summed E-state index contributed by atoms with van der Waals surface area (Å²) in [6.07, 6.45) is 0. The third-order valence-electron chi connectivity index (χ3n) is 4.48. The molecule has 0 aromatic carbocycles. The first-order valence-corrected chi connectivity index (χ1v) is 11.3. The van der Waals surface area contributed by atoms with Crippen LogP contribution in [0.3, 0.4) is 0 Å². The number of carboxylic acid groups (broad SMARTS) is 1. The second kappa shape index (κ2) is 13.3. The summed E-state index contributed by atoms with van der Waals surface area (Å²) in [4.78, 5) is 69.6. The fraction of sp³-hybridized carbons (Fsp3) is 0.353. The Morgan fingerprint density at radius 2 is 2.03 bits per heavy atom. The number of aromatic nitrogens is 1. The molecule has 0 spiro atoms. The van der Waals surface area contributed by atoms with Crippen molar-refractivity contribution in [2.45, 2.75) is 18.3 Å². The number of carbonyl (C=O) groups excluding carboxylic acids is 4. The molecule has 15 nitrogen and oxygen atoms in total. The Bertz CT molecular complexity index is 1110. The quantitative estimate of drug-likeness (QED) is 0.0561. The minimum Gasteiger partial charge on any atom is -0.477 e. The van der Waals surface area contributed by atoms with Gasteiger partial charge in [0.25, 0.3) is 17.7 Å². The number of fused-ring (bicyclic) bond motifs is 1. The lowest BCUT2D eigenvalue weighted by molar-refractivity contribution is -0.150. The van der Waals surface area contributed by atoms with Gasteiger partial charge in [0, 0.05) is 23.6 Å². The number of nitrogens with two attached hydrogens (primary N) is 2. The predicted molar refractivity (Wildman–Crippen MR) is 132 cm³/mol. The number of halogens is 2. The largest absolute Gasteiger partial charge is 0.477 e. The Balaban J connectivity index is 0.00000324. The number of oxime groups is 1. The van der Waals surface area contributed by atoms with Crippen LogP contribution in [0.4, 0.5) is 5.13 Å². The summed E-state index contributed by atoms with van der Waals surface area (Å²) in [5.41, 5.74) is 7.09. The maximum atomic E-state index is 12.9. The average Bonchev–Trinajstić information content (AvgIpc) is 3.23. The van der Waals surface area contributed by atoms with E-state index in [0.717, 1.165) is 16.2 Å². The smallest absolute Gasteiger partial charge is 0.352 e. The lowest BCUT2D eigenvalue weighted by atomic mass is 10.0. The number of aliphatic carboxylic acids is 1. The number of carboxylic acids is 1. The second-order valence-corrected chi connectivity index (χ2v) is 8.75. The standard InChI is InChI=1S/C17H19N7O8S2.2ClH/c1-6(25)31-2-7-4-33-15-11(14(28)24(15)12(7)16(29)30)21-13(27)10(8-5-34-17(18)20-8)23-32-3-9(26)22-19;;/h5,11,15H,2-4,19H2,1H3,(H2,18,20)(H,21,27)(H,22,26)(H,29,30);2*1H/t11?,15-;;/m0../s1. The van der Waals surface area contributed by atoms with Crippen molar-refractivity contribution in [2.24, 2.45) is 11.0 Å². The van der Waals surface area contributed by atoms with Crippen LogP contribution in [0.5, 0.6) is 0 Å². The minimum absolute atomic E-state index is 0. The van der Waals surface area contributed by atoms with E-state index >= 15 is 0 Å². The first kappa shape index (κ1) is 30.9. The fourth-order valence-electron chi connectivity index (χ4n) is 2.99. The van der Waals surface area contributed by atoms with Crippen LogP contribution in [0.2, 0.25) is 0 Å². The van der Waals surface area contributed by atoms with Crippen LogP contribution in [0, 0.1) is 0 Å². The summed E-state index contributed by atoms with van der Waals surface area (Å²) >= 11 is 2.22. The normalized spacial score (nSPS) is 18.6. The molecule has 1 unspecified atom stereocenters. The van der Waals surface area contributed by atoms with Gasteiger partial charge in [-0.05, 0) is 0 Å². The molecule has 3 heterocycles. The molecule has 3 rings (SSSR count). The number of thiazole rings is 1. The number of β-lactam (4-membered cyclic amide) rings is 1. The summed E-state index contributed by atoms with van der Waals surface area (Å²) in [6.45, 7) is 0.327. The molecule has 2 aliphatic heterocycles. The summed E-state index contributed by atoms with van der Waals surface area (Å²) in [5, 5.41) is 16.6. The first-order valence-electron chi connectivity index (χ1n) is 9.39. The molecule has 2 aliphatic rings. The molecule has 1 aromatic rings. The fourth-order valence-corrected chi connectivity index (χ4v) is 4.87. The third kappa shape index (κ3) is 6.76. The maximum absolute atomic E-state index is 12.9. The Morgan fingerprint density at radius 1 is 1.33 bits per heavy atom. The highest BCUT2D eigenvalue weighted by Crippen LogP contribution is 2.40. The van der Waals surface area contributed by atoms with Crippen molar-refractivity contribution in [3.8, 4) is 0 Å². The number of carbonyl (C=O) groups is 5. The lowest BCUT2D eigenvalue weighted by Gasteiger charge is -2.49. The van der Waals surface area contributed by atoms with Crippen molar-refractivity contribution >= 4 is 88.4 Å². The molecule has 0 aliphatic carbocycles. The number of nitrogens with zero attached hydrogens (tertiary/aromatic N) is 3. The van der Waals surface area contributed by atoms with E-state index in [1.165, 1.54) is 24.1 Å². The van der Waals surface area contributed by atoms with Crippen LogP contribution < -0.4 is 22.3 Å². The van der Waals surface area contributed by atoms with Gasteiger partial charge in [-0.1, -0.05) is 5.16 Å². The number of hydrogen-bond acceptors (Lipinski definition) is 13. The van der Waals surface area contributed by atoms with Gasteiger partial charge in [-0.3, -0.25) is 29.5 Å². The highest BCUT2D eigenvalue weighted by molar-refractivity contribution is 8.00. The van der Waals surface area contributed by atoms with Crippen LogP contribution in [-0.2, 0) is 33.5 Å². The van der Waals surface area contributed by atoms with E-state index in [4.69, 9.17) is 21.2 Å². The first-order chi connectivity index (χ1) is 16.1. The van der Waals surface area contributed by atoms with Crippen molar-refractivity contribution in [3.63, 3.8) is 0 Å².